The molecular formula is C14H12FN3O2. The van der Waals surface area contributed by atoms with Gasteiger partial charge in [-0.25, -0.2) is 4.98 Å². The highest BCUT2D eigenvalue weighted by atomic mass is 19.1. The van der Waals surface area contributed by atoms with E-state index in [1.165, 1.54) is 6.07 Å². The molecule has 1 aromatic carbocycles. The number of carbonyl (C=O) groups excluding carboxylic acids is 2. The minimum Gasteiger partial charge on any atom is -0.369 e. The van der Waals surface area contributed by atoms with Crippen LogP contribution in [0.25, 0.3) is 0 Å². The van der Waals surface area contributed by atoms with E-state index >= 15 is 0 Å². The molecule has 2 rings (SSSR count). The summed E-state index contributed by atoms with van der Waals surface area (Å²) in [6.07, 6.45) is 1.17. The second-order valence-corrected chi connectivity index (χ2v) is 4.12. The summed E-state index contributed by atoms with van der Waals surface area (Å²) in [5.41, 5.74) is 6.47. The average Bonchev–Trinajstić information content (AvgIpc) is 2.41. The Kier molecular flexibility index (Phi) is 4.05. The fraction of sp³-hybridized carbons (Fsp3) is 0.0714. The van der Waals surface area contributed by atoms with Crippen LogP contribution in [0.1, 0.15) is 15.9 Å². The first-order valence-corrected chi connectivity index (χ1v) is 5.85. The Labute approximate surface area is 114 Å². The highest BCUT2D eigenvalue weighted by Crippen LogP contribution is 2.16. The maximum atomic E-state index is 12.7. The SMILES string of the molecule is NC(=O)Cc1ccccc1NC(=O)c1ccc(F)nc1. The van der Waals surface area contributed by atoms with Gasteiger partial charge in [-0.3, -0.25) is 9.59 Å². The summed E-state index contributed by atoms with van der Waals surface area (Å²) in [5.74, 6) is -1.58. The Morgan fingerprint density at radius 1 is 1.20 bits per heavy atom. The Bertz CT molecular complexity index is 641. The lowest BCUT2D eigenvalue weighted by Crippen LogP contribution is -2.17. The molecule has 3 N–H and O–H groups in total. The molecule has 0 bridgehead atoms. The first kappa shape index (κ1) is 13.7. The first-order valence-electron chi connectivity index (χ1n) is 5.85. The van der Waals surface area contributed by atoms with Gasteiger partial charge < -0.3 is 11.1 Å². The third kappa shape index (κ3) is 3.38. The number of carbonyl (C=O) groups is 2. The molecule has 0 saturated heterocycles. The Balaban J connectivity index is 2.19. The fourth-order valence-electron chi connectivity index (χ4n) is 1.69. The lowest BCUT2D eigenvalue weighted by atomic mass is 10.1. The highest BCUT2D eigenvalue weighted by Gasteiger charge is 2.10. The summed E-state index contributed by atoms with van der Waals surface area (Å²) in [5, 5.41) is 2.64. The molecule has 5 nitrogen and oxygen atoms in total. The number of aromatic nitrogens is 1. The standard InChI is InChI=1S/C14H12FN3O2/c15-12-6-5-10(8-17-12)14(20)18-11-4-2-1-3-9(11)7-13(16)19/h1-6,8H,7H2,(H2,16,19)(H,18,20). The van der Waals surface area contributed by atoms with Crippen molar-refractivity contribution in [1.29, 1.82) is 0 Å². The van der Waals surface area contributed by atoms with Gasteiger partial charge in [-0.2, -0.15) is 4.39 Å². The second kappa shape index (κ2) is 5.92. The van der Waals surface area contributed by atoms with Crippen molar-refractivity contribution in [2.24, 2.45) is 5.73 Å². The number of para-hydroxylation sites is 1. The van der Waals surface area contributed by atoms with Crippen molar-refractivity contribution in [2.75, 3.05) is 5.32 Å². The van der Waals surface area contributed by atoms with E-state index in [1.54, 1.807) is 24.3 Å². The van der Waals surface area contributed by atoms with Crippen LogP contribution in [0.15, 0.2) is 42.6 Å². The Morgan fingerprint density at radius 2 is 1.95 bits per heavy atom. The molecule has 0 saturated carbocycles. The van der Waals surface area contributed by atoms with Crippen LogP contribution >= 0.6 is 0 Å². The number of primary amides is 1. The normalized spacial score (nSPS) is 10.1. The van der Waals surface area contributed by atoms with Crippen LogP contribution in [-0.2, 0) is 11.2 Å². The van der Waals surface area contributed by atoms with E-state index in [-0.39, 0.29) is 12.0 Å². The van der Waals surface area contributed by atoms with Gasteiger partial charge in [0.25, 0.3) is 5.91 Å². The number of rotatable bonds is 4. The lowest BCUT2D eigenvalue weighted by Gasteiger charge is -2.09. The van der Waals surface area contributed by atoms with Crippen LogP contribution in [0.3, 0.4) is 0 Å². The van der Waals surface area contributed by atoms with Gasteiger partial charge in [0.15, 0.2) is 0 Å². The van der Waals surface area contributed by atoms with Crippen LogP contribution in [0, 0.1) is 5.95 Å². The van der Waals surface area contributed by atoms with E-state index in [4.69, 9.17) is 5.73 Å². The third-order valence-corrected chi connectivity index (χ3v) is 2.62. The quantitative estimate of drug-likeness (QED) is 0.828. The van der Waals surface area contributed by atoms with Crippen molar-refractivity contribution in [1.82, 2.24) is 4.98 Å². The molecule has 0 fully saturated rings. The zero-order valence-electron chi connectivity index (χ0n) is 10.5. The molecule has 0 unspecified atom stereocenters. The summed E-state index contributed by atoms with van der Waals surface area (Å²) >= 11 is 0. The van der Waals surface area contributed by atoms with E-state index in [1.807, 2.05) is 0 Å². The average molecular weight is 273 g/mol. The van der Waals surface area contributed by atoms with Gasteiger partial charge in [0.1, 0.15) is 0 Å². The molecule has 6 heteroatoms. The minimum atomic E-state index is -0.657. The number of anilines is 1. The zero-order chi connectivity index (χ0) is 14.5. The molecular weight excluding hydrogens is 261 g/mol. The summed E-state index contributed by atoms with van der Waals surface area (Å²) < 4.78 is 12.7. The molecule has 102 valence electrons. The van der Waals surface area contributed by atoms with Crippen LogP contribution in [0.4, 0.5) is 10.1 Å². The smallest absolute Gasteiger partial charge is 0.257 e. The predicted molar refractivity (Wildman–Crippen MR) is 71.5 cm³/mol. The third-order valence-electron chi connectivity index (χ3n) is 2.62. The number of hydrogen-bond donors (Lipinski definition) is 2. The molecule has 0 radical (unpaired) electrons. The molecule has 2 amide bonds. The zero-order valence-corrected chi connectivity index (χ0v) is 10.5. The van der Waals surface area contributed by atoms with Gasteiger partial charge in [0.2, 0.25) is 11.9 Å². The van der Waals surface area contributed by atoms with E-state index in [9.17, 15) is 14.0 Å². The molecule has 2 aromatic rings. The van der Waals surface area contributed by atoms with Gasteiger partial charge in [-0.05, 0) is 23.8 Å². The van der Waals surface area contributed by atoms with Crippen molar-refractivity contribution in [3.8, 4) is 0 Å². The summed E-state index contributed by atoms with van der Waals surface area (Å²) in [7, 11) is 0. The molecule has 20 heavy (non-hydrogen) atoms. The molecule has 0 spiro atoms. The van der Waals surface area contributed by atoms with Crippen molar-refractivity contribution >= 4 is 17.5 Å². The van der Waals surface area contributed by atoms with Crippen molar-refractivity contribution in [2.45, 2.75) is 6.42 Å². The second-order valence-electron chi connectivity index (χ2n) is 4.12. The molecule has 0 aliphatic rings. The van der Waals surface area contributed by atoms with Gasteiger partial charge >= 0.3 is 0 Å². The van der Waals surface area contributed by atoms with E-state index in [0.717, 1.165) is 12.3 Å². The maximum Gasteiger partial charge on any atom is 0.257 e. The maximum absolute atomic E-state index is 12.7. The predicted octanol–water partition coefficient (Wildman–Crippen LogP) is 1.50. The van der Waals surface area contributed by atoms with Gasteiger partial charge in [-0.15, -0.1) is 0 Å². The summed E-state index contributed by atoms with van der Waals surface area (Å²) in [6.45, 7) is 0. The van der Waals surface area contributed by atoms with E-state index in [2.05, 4.69) is 10.3 Å². The van der Waals surface area contributed by atoms with Gasteiger partial charge in [0.05, 0.1) is 12.0 Å². The minimum absolute atomic E-state index is 0.0259. The van der Waals surface area contributed by atoms with Gasteiger partial charge in [-0.1, -0.05) is 18.2 Å². The van der Waals surface area contributed by atoms with Crippen molar-refractivity contribution in [3.05, 3.63) is 59.7 Å². The molecule has 1 heterocycles. The Hall–Kier alpha value is -2.76. The van der Waals surface area contributed by atoms with Gasteiger partial charge in [0, 0.05) is 11.9 Å². The number of hydrogen-bond acceptors (Lipinski definition) is 3. The van der Waals surface area contributed by atoms with Crippen molar-refractivity contribution < 1.29 is 14.0 Å². The number of nitrogens with two attached hydrogens (primary N) is 1. The van der Waals surface area contributed by atoms with E-state index < -0.39 is 17.8 Å². The number of halogens is 1. The topological polar surface area (TPSA) is 85.1 Å². The van der Waals surface area contributed by atoms with Crippen molar-refractivity contribution in [3.63, 3.8) is 0 Å². The Morgan fingerprint density at radius 3 is 2.60 bits per heavy atom. The number of benzene rings is 1. The largest absolute Gasteiger partial charge is 0.369 e. The summed E-state index contributed by atoms with van der Waals surface area (Å²) in [4.78, 5) is 26.4. The van der Waals surface area contributed by atoms with Crippen LogP contribution in [-0.4, -0.2) is 16.8 Å². The molecule has 0 aliphatic heterocycles. The summed E-state index contributed by atoms with van der Waals surface area (Å²) in [6, 6.07) is 9.26. The van der Waals surface area contributed by atoms with E-state index in [0.29, 0.717) is 11.3 Å². The fourth-order valence-corrected chi connectivity index (χ4v) is 1.69. The molecule has 0 aliphatic carbocycles. The lowest BCUT2D eigenvalue weighted by molar-refractivity contribution is -0.117. The molecule has 1 aromatic heterocycles. The monoisotopic (exact) mass is 273 g/mol. The highest BCUT2D eigenvalue weighted by molar-refractivity contribution is 6.04. The molecule has 0 atom stereocenters. The number of nitrogens with zero attached hydrogens (tertiary/aromatic N) is 1. The van der Waals surface area contributed by atoms with Crippen LogP contribution in [0.5, 0.6) is 0 Å². The first-order chi connectivity index (χ1) is 9.56. The number of amides is 2. The van der Waals surface area contributed by atoms with Crippen LogP contribution < -0.4 is 11.1 Å². The number of pyridine rings is 1. The van der Waals surface area contributed by atoms with Crippen LogP contribution in [0.2, 0.25) is 0 Å². The number of nitrogens with one attached hydrogen (secondary N) is 1.